The molecule has 114 valence electrons. The van der Waals surface area contributed by atoms with Crippen LogP contribution < -0.4 is 0 Å². The lowest BCUT2D eigenvalue weighted by Crippen LogP contribution is -2.02. The number of phenolic OH excluding ortho intramolecular Hbond substituents is 2. The SMILES string of the molecule is CC(C)=CCCC(C)=CCc1c(C(=O)O)ccc(O)c1O. The van der Waals surface area contributed by atoms with Crippen LogP contribution in [0.4, 0.5) is 0 Å². The number of benzene rings is 1. The second-order valence-electron chi connectivity index (χ2n) is 5.34. The van der Waals surface area contributed by atoms with E-state index >= 15 is 0 Å². The molecule has 0 bridgehead atoms. The molecule has 0 fully saturated rings. The first-order chi connectivity index (χ1) is 9.82. The fourth-order valence-corrected chi connectivity index (χ4v) is 2.00. The third-order valence-corrected chi connectivity index (χ3v) is 3.24. The highest BCUT2D eigenvalue weighted by Crippen LogP contribution is 2.32. The minimum atomic E-state index is -1.11. The van der Waals surface area contributed by atoms with Crippen molar-refractivity contribution in [3.8, 4) is 11.5 Å². The van der Waals surface area contributed by atoms with Crippen LogP contribution in [0.5, 0.6) is 11.5 Å². The van der Waals surface area contributed by atoms with Crippen LogP contribution in [0.3, 0.4) is 0 Å². The number of carbonyl (C=O) groups is 1. The van der Waals surface area contributed by atoms with E-state index in [4.69, 9.17) is 5.11 Å². The maximum atomic E-state index is 11.2. The van der Waals surface area contributed by atoms with Crippen molar-refractivity contribution in [3.05, 3.63) is 46.6 Å². The van der Waals surface area contributed by atoms with Crippen molar-refractivity contribution in [1.82, 2.24) is 0 Å². The van der Waals surface area contributed by atoms with E-state index < -0.39 is 5.97 Å². The van der Waals surface area contributed by atoms with E-state index in [-0.39, 0.29) is 29.0 Å². The zero-order valence-corrected chi connectivity index (χ0v) is 12.7. The highest BCUT2D eigenvalue weighted by Gasteiger charge is 2.16. The summed E-state index contributed by atoms with van der Waals surface area (Å²) in [6.45, 7) is 6.06. The van der Waals surface area contributed by atoms with Crippen molar-refractivity contribution in [1.29, 1.82) is 0 Å². The third-order valence-electron chi connectivity index (χ3n) is 3.24. The van der Waals surface area contributed by atoms with E-state index in [0.29, 0.717) is 0 Å². The van der Waals surface area contributed by atoms with Crippen LogP contribution in [-0.2, 0) is 6.42 Å². The Bertz CT molecular complexity index is 579. The molecule has 1 rings (SSSR count). The third kappa shape index (κ3) is 4.99. The summed E-state index contributed by atoms with van der Waals surface area (Å²) >= 11 is 0. The molecule has 0 aliphatic rings. The predicted molar refractivity (Wildman–Crippen MR) is 82.9 cm³/mol. The molecule has 0 atom stereocenters. The summed E-state index contributed by atoms with van der Waals surface area (Å²) in [6.07, 6.45) is 6.13. The van der Waals surface area contributed by atoms with Gasteiger partial charge in [-0.3, -0.25) is 0 Å². The van der Waals surface area contributed by atoms with Gasteiger partial charge in [-0.1, -0.05) is 23.3 Å². The van der Waals surface area contributed by atoms with Gasteiger partial charge in [0, 0.05) is 5.56 Å². The van der Waals surface area contributed by atoms with Crippen molar-refractivity contribution in [2.24, 2.45) is 0 Å². The van der Waals surface area contributed by atoms with Crippen molar-refractivity contribution in [2.75, 3.05) is 0 Å². The van der Waals surface area contributed by atoms with E-state index in [0.717, 1.165) is 18.4 Å². The molecule has 0 amide bonds. The molecule has 1 aromatic rings. The topological polar surface area (TPSA) is 77.8 Å². The molecule has 0 aliphatic heterocycles. The average Bonchev–Trinajstić information content (AvgIpc) is 2.39. The summed E-state index contributed by atoms with van der Waals surface area (Å²) in [5.74, 6) is -1.77. The molecular formula is C17H22O4. The normalized spacial score (nSPS) is 11.3. The van der Waals surface area contributed by atoms with E-state index in [1.165, 1.54) is 17.7 Å². The molecular weight excluding hydrogens is 268 g/mol. The molecule has 0 saturated heterocycles. The standard InChI is InChI=1S/C17H22O4/c1-11(2)5-4-6-12(3)7-8-13-14(17(20)21)9-10-15(18)16(13)19/h5,7,9-10,18-19H,4,6,8H2,1-3H3,(H,20,21). The first kappa shape index (κ1) is 16.8. The maximum absolute atomic E-state index is 11.2. The Balaban J connectivity index is 2.89. The summed E-state index contributed by atoms with van der Waals surface area (Å²) in [6, 6.07) is 2.49. The number of carboxylic acids is 1. The lowest BCUT2D eigenvalue weighted by atomic mass is 10.00. The Morgan fingerprint density at radius 3 is 2.38 bits per heavy atom. The van der Waals surface area contributed by atoms with Gasteiger partial charge in [0.15, 0.2) is 11.5 Å². The monoisotopic (exact) mass is 290 g/mol. The summed E-state index contributed by atoms with van der Waals surface area (Å²) in [7, 11) is 0. The summed E-state index contributed by atoms with van der Waals surface area (Å²) in [5, 5.41) is 28.5. The fourth-order valence-electron chi connectivity index (χ4n) is 2.00. The zero-order valence-electron chi connectivity index (χ0n) is 12.7. The minimum absolute atomic E-state index is 0.0126. The van der Waals surface area contributed by atoms with E-state index in [1.54, 1.807) is 0 Å². The molecule has 0 radical (unpaired) electrons. The number of rotatable bonds is 6. The number of hydrogen-bond acceptors (Lipinski definition) is 3. The van der Waals surface area contributed by atoms with Crippen molar-refractivity contribution in [3.63, 3.8) is 0 Å². The number of phenols is 2. The summed E-state index contributed by atoms with van der Waals surface area (Å²) in [4.78, 5) is 11.2. The first-order valence-corrected chi connectivity index (χ1v) is 6.89. The van der Waals surface area contributed by atoms with Gasteiger partial charge in [-0.05, 0) is 52.2 Å². The molecule has 0 heterocycles. The van der Waals surface area contributed by atoms with Crippen LogP contribution >= 0.6 is 0 Å². The Labute approximate surface area is 125 Å². The second-order valence-corrected chi connectivity index (χ2v) is 5.34. The highest BCUT2D eigenvalue weighted by atomic mass is 16.4. The molecule has 4 nitrogen and oxygen atoms in total. The Morgan fingerprint density at radius 1 is 1.14 bits per heavy atom. The maximum Gasteiger partial charge on any atom is 0.336 e. The first-order valence-electron chi connectivity index (χ1n) is 6.89. The molecule has 0 spiro atoms. The number of aromatic hydroxyl groups is 2. The molecule has 1 aromatic carbocycles. The zero-order chi connectivity index (χ0) is 16.0. The van der Waals surface area contributed by atoms with E-state index in [2.05, 4.69) is 6.08 Å². The molecule has 0 unspecified atom stereocenters. The molecule has 4 heteroatoms. The minimum Gasteiger partial charge on any atom is -0.504 e. The Hall–Kier alpha value is -2.23. The lowest BCUT2D eigenvalue weighted by molar-refractivity contribution is 0.0695. The average molecular weight is 290 g/mol. The predicted octanol–water partition coefficient (Wildman–Crippen LogP) is 4.03. The number of aromatic carboxylic acids is 1. The summed E-state index contributed by atoms with van der Waals surface area (Å²) < 4.78 is 0. The van der Waals surface area contributed by atoms with Gasteiger partial charge in [0.25, 0.3) is 0 Å². The van der Waals surface area contributed by atoms with Crippen molar-refractivity contribution < 1.29 is 20.1 Å². The Kier molecular flexibility index (Phi) is 6.03. The van der Waals surface area contributed by atoms with Crippen LogP contribution in [0.25, 0.3) is 0 Å². The molecule has 21 heavy (non-hydrogen) atoms. The number of allylic oxidation sites excluding steroid dienone is 4. The molecule has 0 aromatic heterocycles. The summed E-state index contributed by atoms with van der Waals surface area (Å²) in [5.41, 5.74) is 2.64. The van der Waals surface area contributed by atoms with Crippen molar-refractivity contribution >= 4 is 5.97 Å². The van der Waals surface area contributed by atoms with E-state index in [1.807, 2.05) is 26.8 Å². The highest BCUT2D eigenvalue weighted by molar-refractivity contribution is 5.90. The smallest absolute Gasteiger partial charge is 0.336 e. The van der Waals surface area contributed by atoms with Gasteiger partial charge in [0.05, 0.1) is 5.56 Å². The van der Waals surface area contributed by atoms with Crippen LogP contribution in [-0.4, -0.2) is 21.3 Å². The molecule has 0 aliphatic carbocycles. The van der Waals surface area contributed by atoms with Crippen LogP contribution in [0, 0.1) is 0 Å². The Morgan fingerprint density at radius 2 is 1.81 bits per heavy atom. The lowest BCUT2D eigenvalue weighted by Gasteiger charge is -2.08. The van der Waals surface area contributed by atoms with Gasteiger partial charge >= 0.3 is 5.97 Å². The molecule has 3 N–H and O–H groups in total. The number of carboxylic acid groups (broad SMARTS) is 1. The van der Waals surface area contributed by atoms with Crippen LogP contribution in [0.2, 0.25) is 0 Å². The van der Waals surface area contributed by atoms with Gasteiger partial charge in [0.2, 0.25) is 0 Å². The largest absolute Gasteiger partial charge is 0.504 e. The van der Waals surface area contributed by atoms with Gasteiger partial charge in [-0.25, -0.2) is 4.79 Å². The van der Waals surface area contributed by atoms with Crippen LogP contribution in [0.15, 0.2) is 35.4 Å². The van der Waals surface area contributed by atoms with Gasteiger partial charge < -0.3 is 15.3 Å². The van der Waals surface area contributed by atoms with Gasteiger partial charge in [-0.2, -0.15) is 0 Å². The van der Waals surface area contributed by atoms with Crippen LogP contribution in [0.1, 0.15) is 49.5 Å². The van der Waals surface area contributed by atoms with E-state index in [9.17, 15) is 15.0 Å². The van der Waals surface area contributed by atoms with Crippen molar-refractivity contribution in [2.45, 2.75) is 40.0 Å². The fraction of sp³-hybridized carbons (Fsp3) is 0.353. The van der Waals surface area contributed by atoms with Gasteiger partial charge in [0.1, 0.15) is 0 Å². The van der Waals surface area contributed by atoms with Gasteiger partial charge in [-0.15, -0.1) is 0 Å². The quantitative estimate of drug-likeness (QED) is 0.546. The second kappa shape index (κ2) is 7.53. The number of hydrogen-bond donors (Lipinski definition) is 3. The molecule has 0 saturated carbocycles.